The van der Waals surface area contributed by atoms with E-state index in [0.717, 1.165) is 13.0 Å². The quantitative estimate of drug-likeness (QED) is 0.803. The number of nitrogens with one attached hydrogen (secondary N) is 1. The van der Waals surface area contributed by atoms with Crippen LogP contribution in [0.2, 0.25) is 0 Å². The highest BCUT2D eigenvalue weighted by Crippen LogP contribution is 2.40. The molecule has 1 saturated carbocycles. The summed E-state index contributed by atoms with van der Waals surface area (Å²) in [7, 11) is 1.90. The largest absolute Gasteiger partial charge is 0.367 e. The summed E-state index contributed by atoms with van der Waals surface area (Å²) in [4.78, 5) is 16.9. The first-order chi connectivity index (χ1) is 8.65. The van der Waals surface area contributed by atoms with Gasteiger partial charge in [-0.1, -0.05) is 6.42 Å². The van der Waals surface area contributed by atoms with Gasteiger partial charge >= 0.3 is 0 Å². The van der Waals surface area contributed by atoms with Gasteiger partial charge in [-0.15, -0.1) is 0 Å². The summed E-state index contributed by atoms with van der Waals surface area (Å²) in [5.74, 6) is 0.218. The summed E-state index contributed by atoms with van der Waals surface area (Å²) in [6.07, 6.45) is 8.81. The Balaban J connectivity index is 1.78. The molecule has 0 saturated heterocycles. The molecule has 0 aliphatic heterocycles. The number of nitrogens with zero attached hydrogens (tertiary/aromatic N) is 1. The smallest absolute Gasteiger partial charge is 0.222 e. The fourth-order valence-corrected chi connectivity index (χ4v) is 2.65. The van der Waals surface area contributed by atoms with Gasteiger partial charge in [0, 0.05) is 37.8 Å². The van der Waals surface area contributed by atoms with E-state index < -0.39 is 0 Å². The number of aromatic nitrogens is 1. The molecule has 1 aromatic heterocycles. The monoisotopic (exact) mass is 249 g/mol. The van der Waals surface area contributed by atoms with Gasteiger partial charge in [-0.3, -0.25) is 4.79 Å². The van der Waals surface area contributed by atoms with E-state index in [-0.39, 0.29) is 11.3 Å². The Hall–Kier alpha value is -1.29. The van der Waals surface area contributed by atoms with Crippen LogP contribution in [0.4, 0.5) is 0 Å². The fraction of sp³-hybridized carbons (Fsp3) is 0.643. The first-order valence-corrected chi connectivity index (χ1v) is 6.71. The summed E-state index contributed by atoms with van der Waals surface area (Å²) in [5.41, 5.74) is 7.22. The Morgan fingerprint density at radius 2 is 2.33 bits per heavy atom. The van der Waals surface area contributed by atoms with Gasteiger partial charge < -0.3 is 15.6 Å². The van der Waals surface area contributed by atoms with Crippen molar-refractivity contribution in [2.45, 2.75) is 32.1 Å². The van der Waals surface area contributed by atoms with E-state index >= 15 is 0 Å². The van der Waals surface area contributed by atoms with E-state index in [1.54, 1.807) is 0 Å². The molecule has 3 N–H and O–H groups in total. The summed E-state index contributed by atoms with van der Waals surface area (Å²) in [5, 5.41) is 0. The maximum atomic E-state index is 12.0. The summed E-state index contributed by atoms with van der Waals surface area (Å²) < 4.78 is 0. The van der Waals surface area contributed by atoms with Gasteiger partial charge in [0.1, 0.15) is 0 Å². The molecule has 0 bridgehead atoms. The molecule has 1 aromatic rings. The lowest BCUT2D eigenvalue weighted by Crippen LogP contribution is -2.47. The molecule has 100 valence electrons. The third-order valence-corrected chi connectivity index (χ3v) is 4.14. The summed E-state index contributed by atoms with van der Waals surface area (Å²) in [6.45, 7) is 1.51. The molecule has 0 radical (unpaired) electrons. The average molecular weight is 249 g/mol. The normalized spacial score (nSPS) is 17.2. The zero-order valence-corrected chi connectivity index (χ0v) is 11.1. The molecule has 0 unspecified atom stereocenters. The van der Waals surface area contributed by atoms with Crippen molar-refractivity contribution in [1.82, 2.24) is 9.88 Å². The van der Waals surface area contributed by atoms with Crippen LogP contribution < -0.4 is 5.73 Å². The van der Waals surface area contributed by atoms with E-state index in [1.165, 1.54) is 24.8 Å². The predicted octanol–water partition coefficient (Wildman–Crippen LogP) is 1.53. The first-order valence-electron chi connectivity index (χ1n) is 6.71. The lowest BCUT2D eigenvalue weighted by molar-refractivity contribution is -0.132. The number of amides is 1. The van der Waals surface area contributed by atoms with Gasteiger partial charge in [-0.05, 0) is 37.4 Å². The molecule has 0 aromatic carbocycles. The minimum atomic E-state index is 0.207. The maximum absolute atomic E-state index is 12.0. The molecule has 4 heteroatoms. The van der Waals surface area contributed by atoms with Crippen LogP contribution in [0.1, 0.15) is 31.2 Å². The second kappa shape index (κ2) is 5.57. The van der Waals surface area contributed by atoms with Gasteiger partial charge in [0.2, 0.25) is 5.91 Å². The molecular formula is C14H23N3O. The first kappa shape index (κ1) is 13.1. The Bertz CT molecular complexity index is 376. The Morgan fingerprint density at radius 3 is 2.83 bits per heavy atom. The van der Waals surface area contributed by atoms with Crippen LogP contribution in [0.25, 0.3) is 0 Å². The molecule has 1 amide bonds. The molecule has 1 fully saturated rings. The number of aryl methyl sites for hydroxylation is 1. The Kier molecular flexibility index (Phi) is 4.07. The predicted molar refractivity (Wildman–Crippen MR) is 72.1 cm³/mol. The molecule has 4 nitrogen and oxygen atoms in total. The number of rotatable bonds is 6. The molecule has 1 aliphatic rings. The van der Waals surface area contributed by atoms with Crippen LogP contribution >= 0.6 is 0 Å². The molecule has 2 rings (SSSR count). The number of H-pyrrole nitrogens is 1. The van der Waals surface area contributed by atoms with Crippen molar-refractivity contribution in [3.8, 4) is 0 Å². The lowest BCUT2D eigenvalue weighted by Gasteiger charge is -2.43. The van der Waals surface area contributed by atoms with Crippen LogP contribution in [0.15, 0.2) is 18.5 Å². The number of hydrogen-bond acceptors (Lipinski definition) is 2. The number of nitrogens with two attached hydrogens (primary N) is 1. The molecule has 18 heavy (non-hydrogen) atoms. The minimum Gasteiger partial charge on any atom is -0.367 e. The Morgan fingerprint density at radius 1 is 1.56 bits per heavy atom. The number of aromatic amines is 1. The topological polar surface area (TPSA) is 62.1 Å². The van der Waals surface area contributed by atoms with E-state index in [9.17, 15) is 4.79 Å². The van der Waals surface area contributed by atoms with Gasteiger partial charge in [0.05, 0.1) is 0 Å². The second-order valence-corrected chi connectivity index (χ2v) is 5.53. The van der Waals surface area contributed by atoms with Gasteiger partial charge in [0.25, 0.3) is 0 Å². The summed E-state index contributed by atoms with van der Waals surface area (Å²) >= 11 is 0. The third kappa shape index (κ3) is 2.93. The van der Waals surface area contributed by atoms with E-state index in [0.29, 0.717) is 13.0 Å². The van der Waals surface area contributed by atoms with Crippen LogP contribution in [-0.2, 0) is 11.2 Å². The van der Waals surface area contributed by atoms with Crippen LogP contribution in [-0.4, -0.2) is 35.9 Å². The third-order valence-electron chi connectivity index (χ3n) is 4.14. The number of carbonyl (C=O) groups is 1. The highest BCUT2D eigenvalue weighted by molar-refractivity contribution is 5.76. The van der Waals surface area contributed by atoms with E-state index in [2.05, 4.69) is 4.98 Å². The van der Waals surface area contributed by atoms with E-state index in [4.69, 9.17) is 5.73 Å². The SMILES string of the molecule is CN(CC1(CN)CCC1)C(=O)CCc1cc[nH]c1. The molecule has 1 heterocycles. The maximum Gasteiger partial charge on any atom is 0.222 e. The molecule has 0 atom stereocenters. The van der Waals surface area contributed by atoms with Gasteiger partial charge in [-0.25, -0.2) is 0 Å². The van der Waals surface area contributed by atoms with Crippen molar-refractivity contribution >= 4 is 5.91 Å². The van der Waals surface area contributed by atoms with Crippen molar-refractivity contribution in [1.29, 1.82) is 0 Å². The van der Waals surface area contributed by atoms with Gasteiger partial charge in [-0.2, -0.15) is 0 Å². The highest BCUT2D eigenvalue weighted by atomic mass is 16.2. The number of hydrogen-bond donors (Lipinski definition) is 2. The fourth-order valence-electron chi connectivity index (χ4n) is 2.65. The molecular weight excluding hydrogens is 226 g/mol. The molecule has 1 aliphatic carbocycles. The minimum absolute atomic E-state index is 0.207. The zero-order chi connectivity index (χ0) is 13.0. The number of carbonyl (C=O) groups excluding carboxylic acids is 1. The van der Waals surface area contributed by atoms with Crippen LogP contribution in [0.3, 0.4) is 0 Å². The lowest BCUT2D eigenvalue weighted by atomic mass is 9.68. The molecule has 0 spiro atoms. The standard InChI is InChI=1S/C14H23N3O/c1-17(11-14(10-15)6-2-7-14)13(18)4-3-12-5-8-16-9-12/h5,8-9,16H,2-4,6-7,10-11,15H2,1H3. The average Bonchev–Trinajstić information content (AvgIpc) is 2.83. The van der Waals surface area contributed by atoms with Crippen LogP contribution in [0.5, 0.6) is 0 Å². The van der Waals surface area contributed by atoms with Crippen molar-refractivity contribution in [3.63, 3.8) is 0 Å². The van der Waals surface area contributed by atoms with Crippen molar-refractivity contribution < 1.29 is 4.79 Å². The van der Waals surface area contributed by atoms with Crippen molar-refractivity contribution in [2.75, 3.05) is 20.1 Å². The highest BCUT2D eigenvalue weighted by Gasteiger charge is 2.37. The zero-order valence-electron chi connectivity index (χ0n) is 11.1. The van der Waals surface area contributed by atoms with Crippen molar-refractivity contribution in [2.24, 2.45) is 11.1 Å². The van der Waals surface area contributed by atoms with Crippen molar-refractivity contribution in [3.05, 3.63) is 24.0 Å². The summed E-state index contributed by atoms with van der Waals surface area (Å²) in [6, 6.07) is 2.01. The van der Waals surface area contributed by atoms with Crippen LogP contribution in [0, 0.1) is 5.41 Å². The second-order valence-electron chi connectivity index (χ2n) is 5.53. The van der Waals surface area contributed by atoms with E-state index in [1.807, 2.05) is 30.4 Å². The van der Waals surface area contributed by atoms with Gasteiger partial charge in [0.15, 0.2) is 0 Å². The Labute approximate surface area is 109 Å².